The van der Waals surface area contributed by atoms with Crippen LogP contribution in [-0.2, 0) is 9.53 Å². The topological polar surface area (TPSA) is 78.9 Å². The number of likely N-dealkylation sites (tertiary alicyclic amines) is 1. The molecule has 1 aliphatic rings. The van der Waals surface area contributed by atoms with Gasteiger partial charge in [-0.2, -0.15) is 0 Å². The number of nitrogens with one attached hydrogen (secondary N) is 1. The van der Waals surface area contributed by atoms with Crippen molar-refractivity contribution >= 4 is 12.0 Å². The Morgan fingerprint density at radius 1 is 1.47 bits per heavy atom. The van der Waals surface area contributed by atoms with Gasteiger partial charge in [0.15, 0.2) is 0 Å². The van der Waals surface area contributed by atoms with E-state index in [2.05, 4.69) is 5.32 Å². The van der Waals surface area contributed by atoms with Crippen molar-refractivity contribution in [2.45, 2.75) is 12.8 Å². The van der Waals surface area contributed by atoms with Crippen molar-refractivity contribution < 1.29 is 19.4 Å². The van der Waals surface area contributed by atoms with Gasteiger partial charge in [0.2, 0.25) is 0 Å². The molecule has 0 radical (unpaired) electrons. The first-order valence-electron chi connectivity index (χ1n) is 4.89. The van der Waals surface area contributed by atoms with E-state index in [-0.39, 0.29) is 18.7 Å². The highest BCUT2D eigenvalue weighted by molar-refractivity contribution is 5.75. The maximum absolute atomic E-state index is 11.4. The minimum Gasteiger partial charge on any atom is -0.481 e. The molecule has 0 aromatic carbocycles. The van der Waals surface area contributed by atoms with E-state index < -0.39 is 5.97 Å². The van der Waals surface area contributed by atoms with E-state index in [1.807, 2.05) is 0 Å². The molecule has 15 heavy (non-hydrogen) atoms. The van der Waals surface area contributed by atoms with Crippen LogP contribution in [0.4, 0.5) is 4.79 Å². The molecule has 1 aliphatic heterocycles. The van der Waals surface area contributed by atoms with E-state index in [9.17, 15) is 9.59 Å². The quantitative estimate of drug-likeness (QED) is 0.656. The summed E-state index contributed by atoms with van der Waals surface area (Å²) in [5, 5.41) is 11.3. The van der Waals surface area contributed by atoms with Crippen LogP contribution in [-0.4, -0.2) is 48.9 Å². The summed E-state index contributed by atoms with van der Waals surface area (Å²) in [4.78, 5) is 23.7. The number of carbonyl (C=O) groups is 2. The molecule has 86 valence electrons. The SMILES string of the molecule is COCNC(=O)N1CCC(C(=O)O)CC1. The normalized spacial score (nSPS) is 17.5. The van der Waals surface area contributed by atoms with Gasteiger partial charge in [0, 0.05) is 20.2 Å². The average Bonchev–Trinajstić information content (AvgIpc) is 2.26. The number of carboxylic acid groups (broad SMARTS) is 1. The Kier molecular flexibility index (Phi) is 4.36. The number of piperidine rings is 1. The zero-order valence-corrected chi connectivity index (χ0v) is 8.73. The van der Waals surface area contributed by atoms with Crippen LogP contribution in [0, 0.1) is 5.92 Å². The van der Waals surface area contributed by atoms with Gasteiger partial charge in [0.1, 0.15) is 6.73 Å². The lowest BCUT2D eigenvalue weighted by Crippen LogP contribution is -2.45. The summed E-state index contributed by atoms with van der Waals surface area (Å²) in [5.74, 6) is -1.08. The van der Waals surface area contributed by atoms with E-state index >= 15 is 0 Å². The average molecular weight is 216 g/mol. The fourth-order valence-corrected chi connectivity index (χ4v) is 1.58. The molecule has 0 aromatic rings. The van der Waals surface area contributed by atoms with E-state index in [0.29, 0.717) is 25.9 Å². The molecule has 6 nitrogen and oxygen atoms in total. The molecule has 0 spiro atoms. The van der Waals surface area contributed by atoms with Gasteiger partial charge in [-0.05, 0) is 12.8 Å². The predicted octanol–water partition coefficient (Wildman–Crippen LogP) is 0.0965. The van der Waals surface area contributed by atoms with Gasteiger partial charge in [0.25, 0.3) is 0 Å². The molecule has 1 heterocycles. The smallest absolute Gasteiger partial charge is 0.319 e. The van der Waals surface area contributed by atoms with Crippen molar-refractivity contribution in [1.82, 2.24) is 10.2 Å². The molecule has 0 atom stereocenters. The van der Waals surface area contributed by atoms with Crippen LogP contribution < -0.4 is 5.32 Å². The van der Waals surface area contributed by atoms with Crippen molar-refractivity contribution in [3.63, 3.8) is 0 Å². The lowest BCUT2D eigenvalue weighted by atomic mass is 9.97. The standard InChI is InChI=1S/C9H16N2O4/c1-15-6-10-9(14)11-4-2-7(3-5-11)8(12)13/h7H,2-6H2,1H3,(H,10,14)(H,12,13). The summed E-state index contributed by atoms with van der Waals surface area (Å²) in [5.41, 5.74) is 0. The summed E-state index contributed by atoms with van der Waals surface area (Å²) in [6.45, 7) is 1.16. The number of hydrogen-bond acceptors (Lipinski definition) is 3. The highest BCUT2D eigenvalue weighted by Crippen LogP contribution is 2.16. The third-order valence-corrected chi connectivity index (χ3v) is 2.50. The van der Waals surface area contributed by atoms with Crippen LogP contribution in [0.25, 0.3) is 0 Å². The number of urea groups is 1. The number of methoxy groups -OCH3 is 1. The van der Waals surface area contributed by atoms with E-state index in [0.717, 1.165) is 0 Å². The Balaban J connectivity index is 2.30. The lowest BCUT2D eigenvalue weighted by molar-refractivity contribution is -0.143. The summed E-state index contributed by atoms with van der Waals surface area (Å²) < 4.78 is 4.71. The van der Waals surface area contributed by atoms with Crippen molar-refractivity contribution in [2.75, 3.05) is 26.9 Å². The van der Waals surface area contributed by atoms with E-state index in [4.69, 9.17) is 9.84 Å². The second kappa shape index (κ2) is 5.55. The Morgan fingerprint density at radius 3 is 2.53 bits per heavy atom. The number of amides is 2. The third kappa shape index (κ3) is 3.39. The molecule has 2 N–H and O–H groups in total. The van der Waals surface area contributed by atoms with Gasteiger partial charge < -0.3 is 20.1 Å². The fourth-order valence-electron chi connectivity index (χ4n) is 1.58. The van der Waals surface area contributed by atoms with Crippen LogP contribution in [0.3, 0.4) is 0 Å². The molecule has 6 heteroatoms. The summed E-state index contributed by atoms with van der Waals surface area (Å²) >= 11 is 0. The highest BCUT2D eigenvalue weighted by Gasteiger charge is 2.26. The largest absolute Gasteiger partial charge is 0.481 e. The molecular weight excluding hydrogens is 200 g/mol. The Morgan fingerprint density at radius 2 is 2.07 bits per heavy atom. The minimum absolute atomic E-state index is 0.178. The van der Waals surface area contributed by atoms with Gasteiger partial charge >= 0.3 is 12.0 Å². The third-order valence-electron chi connectivity index (χ3n) is 2.50. The molecule has 2 amide bonds. The van der Waals surface area contributed by atoms with Gasteiger partial charge in [0.05, 0.1) is 5.92 Å². The summed E-state index contributed by atoms with van der Waals surface area (Å²) in [7, 11) is 1.50. The maximum atomic E-state index is 11.4. The first-order chi connectivity index (χ1) is 7.15. The molecule has 0 bridgehead atoms. The second-order valence-electron chi connectivity index (χ2n) is 3.51. The van der Waals surface area contributed by atoms with Gasteiger partial charge in [-0.15, -0.1) is 0 Å². The number of ether oxygens (including phenoxy) is 1. The van der Waals surface area contributed by atoms with Crippen LogP contribution in [0.1, 0.15) is 12.8 Å². The van der Waals surface area contributed by atoms with Crippen molar-refractivity contribution in [3.8, 4) is 0 Å². The number of rotatable bonds is 3. The molecule has 1 rings (SSSR count). The maximum Gasteiger partial charge on any atom is 0.319 e. The zero-order valence-electron chi connectivity index (χ0n) is 8.73. The molecule has 0 saturated carbocycles. The van der Waals surface area contributed by atoms with Gasteiger partial charge in [-0.1, -0.05) is 0 Å². The van der Waals surface area contributed by atoms with Crippen molar-refractivity contribution in [2.24, 2.45) is 5.92 Å². The summed E-state index contributed by atoms with van der Waals surface area (Å²) in [6.07, 6.45) is 1.05. The van der Waals surface area contributed by atoms with Gasteiger partial charge in [-0.25, -0.2) is 4.79 Å². The van der Waals surface area contributed by atoms with E-state index in [1.54, 1.807) is 4.90 Å². The molecular formula is C9H16N2O4. The number of carboxylic acids is 1. The molecule has 0 aliphatic carbocycles. The van der Waals surface area contributed by atoms with E-state index in [1.165, 1.54) is 7.11 Å². The van der Waals surface area contributed by atoms with Crippen LogP contribution >= 0.6 is 0 Å². The first-order valence-corrected chi connectivity index (χ1v) is 4.89. The minimum atomic E-state index is -0.771. The Hall–Kier alpha value is -1.30. The van der Waals surface area contributed by atoms with Gasteiger partial charge in [-0.3, -0.25) is 4.79 Å². The lowest BCUT2D eigenvalue weighted by Gasteiger charge is -2.29. The fraction of sp³-hybridized carbons (Fsp3) is 0.778. The molecule has 0 unspecified atom stereocenters. The van der Waals surface area contributed by atoms with Crippen LogP contribution in [0.2, 0.25) is 0 Å². The van der Waals surface area contributed by atoms with Crippen LogP contribution in [0.5, 0.6) is 0 Å². The Labute approximate surface area is 88.2 Å². The Bertz CT molecular complexity index is 236. The monoisotopic (exact) mass is 216 g/mol. The zero-order chi connectivity index (χ0) is 11.3. The molecule has 1 saturated heterocycles. The second-order valence-corrected chi connectivity index (χ2v) is 3.51. The highest BCUT2D eigenvalue weighted by atomic mass is 16.5. The molecule has 0 aromatic heterocycles. The number of hydrogen-bond donors (Lipinski definition) is 2. The van der Waals surface area contributed by atoms with Crippen LogP contribution in [0.15, 0.2) is 0 Å². The first kappa shape index (κ1) is 11.8. The number of nitrogens with zero attached hydrogens (tertiary/aromatic N) is 1. The van der Waals surface area contributed by atoms with Crippen molar-refractivity contribution in [3.05, 3.63) is 0 Å². The molecule has 1 fully saturated rings. The predicted molar refractivity (Wildman–Crippen MR) is 52.3 cm³/mol. The van der Waals surface area contributed by atoms with Crippen molar-refractivity contribution in [1.29, 1.82) is 0 Å². The summed E-state index contributed by atoms with van der Waals surface area (Å²) in [6, 6.07) is -0.194. The number of carbonyl (C=O) groups excluding carboxylic acids is 1. The number of aliphatic carboxylic acids is 1.